The topological polar surface area (TPSA) is 0 Å². The Bertz CT molecular complexity index is 736. The number of benzene rings is 2. The van der Waals surface area contributed by atoms with E-state index in [1.807, 2.05) is 30.3 Å². The van der Waals surface area contributed by atoms with E-state index in [-0.39, 0.29) is 5.38 Å². The molecule has 3 rings (SSSR count). The Morgan fingerprint density at radius 2 is 1.84 bits per heavy atom. The number of hydrogen-bond acceptors (Lipinski definition) is 1. The maximum atomic E-state index is 6.62. The molecule has 0 saturated carbocycles. The Morgan fingerprint density at radius 1 is 1.05 bits per heavy atom. The fraction of sp³-hybridized carbons (Fsp3) is 0.0667. The van der Waals surface area contributed by atoms with Gasteiger partial charge in [0.2, 0.25) is 0 Å². The van der Waals surface area contributed by atoms with Gasteiger partial charge in [-0.3, -0.25) is 0 Å². The molecule has 0 fully saturated rings. The van der Waals surface area contributed by atoms with Crippen LogP contribution in [0.25, 0.3) is 10.1 Å². The van der Waals surface area contributed by atoms with Crippen molar-refractivity contribution in [3.63, 3.8) is 0 Å². The van der Waals surface area contributed by atoms with Crippen molar-refractivity contribution in [1.82, 2.24) is 0 Å². The molecule has 1 heterocycles. The van der Waals surface area contributed by atoms with E-state index in [1.165, 1.54) is 10.1 Å². The summed E-state index contributed by atoms with van der Waals surface area (Å²) in [5.74, 6) is 0. The van der Waals surface area contributed by atoms with Crippen LogP contribution >= 0.6 is 50.5 Å². The van der Waals surface area contributed by atoms with E-state index in [2.05, 4.69) is 33.4 Å². The number of thiophene rings is 1. The van der Waals surface area contributed by atoms with Crippen molar-refractivity contribution in [1.29, 1.82) is 0 Å². The summed E-state index contributed by atoms with van der Waals surface area (Å²) in [6.45, 7) is 0. The lowest BCUT2D eigenvalue weighted by Gasteiger charge is -2.11. The van der Waals surface area contributed by atoms with E-state index < -0.39 is 0 Å². The minimum Gasteiger partial charge on any atom is -0.143 e. The lowest BCUT2D eigenvalue weighted by Crippen LogP contribution is -1.93. The first-order valence-corrected chi connectivity index (χ1v) is 8.20. The van der Waals surface area contributed by atoms with Crippen molar-refractivity contribution in [2.24, 2.45) is 0 Å². The van der Waals surface area contributed by atoms with Gasteiger partial charge in [-0.05, 0) is 40.1 Å². The van der Waals surface area contributed by atoms with Crippen LogP contribution < -0.4 is 0 Å². The molecule has 0 aliphatic carbocycles. The summed E-state index contributed by atoms with van der Waals surface area (Å²) in [6.07, 6.45) is 0. The normalized spacial score (nSPS) is 12.8. The first-order valence-electron chi connectivity index (χ1n) is 5.72. The zero-order chi connectivity index (χ0) is 13.4. The molecule has 2 aromatic carbocycles. The van der Waals surface area contributed by atoms with Gasteiger partial charge in [-0.15, -0.1) is 22.9 Å². The molecule has 19 heavy (non-hydrogen) atoms. The first-order chi connectivity index (χ1) is 9.16. The molecule has 0 aliphatic rings. The van der Waals surface area contributed by atoms with Gasteiger partial charge in [-0.25, -0.2) is 0 Å². The van der Waals surface area contributed by atoms with Gasteiger partial charge >= 0.3 is 0 Å². The Morgan fingerprint density at radius 3 is 2.63 bits per heavy atom. The fourth-order valence-electron chi connectivity index (χ4n) is 2.07. The van der Waals surface area contributed by atoms with Crippen molar-refractivity contribution < 1.29 is 0 Å². The predicted octanol–water partition coefficient (Wildman–Crippen LogP) is 6.65. The Labute approximate surface area is 134 Å². The summed E-state index contributed by atoms with van der Waals surface area (Å²) < 4.78 is 2.21. The highest BCUT2D eigenvalue weighted by Crippen LogP contribution is 2.40. The second kappa shape index (κ2) is 5.45. The molecular formula is C15H9BrCl2S. The zero-order valence-electron chi connectivity index (χ0n) is 9.74. The summed E-state index contributed by atoms with van der Waals surface area (Å²) in [5, 5.41) is 3.77. The first kappa shape index (κ1) is 13.4. The third kappa shape index (κ3) is 2.55. The summed E-state index contributed by atoms with van der Waals surface area (Å²) in [6, 6.07) is 14.1. The fourth-order valence-corrected chi connectivity index (χ4v) is 4.34. The van der Waals surface area contributed by atoms with Gasteiger partial charge in [0.1, 0.15) is 0 Å². The standard InChI is InChI=1S/C15H9BrCl2S/c16-9-5-6-11(13(17)7-9)15(18)12-8-19-14-4-2-1-3-10(12)14/h1-8,15H. The molecule has 1 aromatic heterocycles. The van der Waals surface area contributed by atoms with E-state index in [0.717, 1.165) is 15.6 Å². The second-order valence-corrected chi connectivity index (χ2v) is 6.89. The predicted molar refractivity (Wildman–Crippen MR) is 88.7 cm³/mol. The number of fused-ring (bicyclic) bond motifs is 1. The molecule has 0 aliphatic heterocycles. The molecule has 4 heteroatoms. The molecular weight excluding hydrogens is 363 g/mol. The van der Waals surface area contributed by atoms with Crippen LogP contribution in [0.4, 0.5) is 0 Å². The molecule has 1 unspecified atom stereocenters. The highest BCUT2D eigenvalue weighted by Gasteiger charge is 2.17. The van der Waals surface area contributed by atoms with Crippen LogP contribution in [0.3, 0.4) is 0 Å². The Hall–Kier alpha value is -0.540. The smallest absolute Gasteiger partial charge is 0.0863 e. The van der Waals surface area contributed by atoms with Crippen LogP contribution in [0, 0.1) is 0 Å². The molecule has 0 radical (unpaired) electrons. The van der Waals surface area contributed by atoms with Crippen LogP contribution in [0.5, 0.6) is 0 Å². The quantitative estimate of drug-likeness (QED) is 0.442. The summed E-state index contributed by atoms with van der Waals surface area (Å²) in [7, 11) is 0. The third-order valence-electron chi connectivity index (χ3n) is 3.02. The average Bonchev–Trinajstić information content (AvgIpc) is 2.82. The highest BCUT2D eigenvalue weighted by molar-refractivity contribution is 9.10. The molecule has 0 saturated heterocycles. The van der Waals surface area contributed by atoms with Crippen LogP contribution in [0.2, 0.25) is 5.02 Å². The molecule has 96 valence electrons. The van der Waals surface area contributed by atoms with Crippen LogP contribution in [0.15, 0.2) is 52.3 Å². The molecule has 0 N–H and O–H groups in total. The largest absolute Gasteiger partial charge is 0.143 e. The average molecular weight is 372 g/mol. The van der Waals surface area contributed by atoms with Gasteiger partial charge in [0.25, 0.3) is 0 Å². The summed E-state index contributed by atoms with van der Waals surface area (Å²) >= 11 is 18.0. The molecule has 0 nitrogen and oxygen atoms in total. The lowest BCUT2D eigenvalue weighted by molar-refractivity contribution is 1.17. The van der Waals surface area contributed by atoms with Crippen LogP contribution in [-0.4, -0.2) is 0 Å². The van der Waals surface area contributed by atoms with E-state index in [1.54, 1.807) is 11.3 Å². The van der Waals surface area contributed by atoms with Gasteiger partial charge in [0, 0.05) is 14.2 Å². The summed E-state index contributed by atoms with van der Waals surface area (Å²) in [4.78, 5) is 0. The molecule has 0 spiro atoms. The Kier molecular flexibility index (Phi) is 3.86. The van der Waals surface area contributed by atoms with Crippen molar-refractivity contribution >= 4 is 60.6 Å². The summed E-state index contributed by atoms with van der Waals surface area (Å²) in [5.41, 5.74) is 2.06. The third-order valence-corrected chi connectivity index (χ3v) is 5.29. The van der Waals surface area contributed by atoms with Crippen molar-refractivity contribution in [3.8, 4) is 0 Å². The van der Waals surface area contributed by atoms with Gasteiger partial charge in [0.05, 0.1) is 5.38 Å². The van der Waals surface area contributed by atoms with Crippen molar-refractivity contribution in [3.05, 3.63) is 68.5 Å². The lowest BCUT2D eigenvalue weighted by atomic mass is 10.0. The number of halogens is 3. The molecule has 0 bridgehead atoms. The van der Waals surface area contributed by atoms with E-state index in [0.29, 0.717) is 5.02 Å². The maximum absolute atomic E-state index is 6.62. The monoisotopic (exact) mass is 370 g/mol. The minimum atomic E-state index is -0.225. The van der Waals surface area contributed by atoms with Crippen LogP contribution in [0.1, 0.15) is 16.5 Å². The molecule has 3 aromatic rings. The van der Waals surface area contributed by atoms with Gasteiger partial charge < -0.3 is 0 Å². The van der Waals surface area contributed by atoms with Gasteiger partial charge in [0.15, 0.2) is 0 Å². The van der Waals surface area contributed by atoms with Crippen molar-refractivity contribution in [2.45, 2.75) is 5.38 Å². The highest BCUT2D eigenvalue weighted by atomic mass is 79.9. The zero-order valence-corrected chi connectivity index (χ0v) is 13.7. The van der Waals surface area contributed by atoms with E-state index in [4.69, 9.17) is 23.2 Å². The number of hydrogen-bond donors (Lipinski definition) is 0. The number of alkyl halides is 1. The minimum absolute atomic E-state index is 0.225. The maximum Gasteiger partial charge on any atom is 0.0863 e. The van der Waals surface area contributed by atoms with Gasteiger partial charge in [-0.1, -0.05) is 51.8 Å². The molecule has 0 amide bonds. The number of rotatable bonds is 2. The van der Waals surface area contributed by atoms with Crippen LogP contribution in [-0.2, 0) is 0 Å². The SMILES string of the molecule is Clc1cc(Br)ccc1C(Cl)c1csc2ccccc12. The van der Waals surface area contributed by atoms with Crippen molar-refractivity contribution in [2.75, 3.05) is 0 Å². The molecule has 1 atom stereocenters. The van der Waals surface area contributed by atoms with E-state index >= 15 is 0 Å². The van der Waals surface area contributed by atoms with Gasteiger partial charge in [-0.2, -0.15) is 0 Å². The Balaban J connectivity index is 2.10. The second-order valence-electron chi connectivity index (χ2n) is 4.22. The van der Waals surface area contributed by atoms with E-state index in [9.17, 15) is 0 Å².